The molecule has 3 aromatic carbocycles. The molecule has 0 unspecified atom stereocenters. The quantitative estimate of drug-likeness (QED) is 0.191. The number of aromatic nitrogens is 2. The number of H-pyrrole nitrogens is 1. The van der Waals surface area contributed by atoms with Gasteiger partial charge in [0.25, 0.3) is 5.56 Å². The van der Waals surface area contributed by atoms with E-state index in [2.05, 4.69) is 24.9 Å². The number of likely N-dealkylation sites (tertiary alicyclic amines) is 1. The largest absolute Gasteiger partial charge is 0.493 e. The van der Waals surface area contributed by atoms with Crippen LogP contribution in [0, 0.1) is 6.92 Å². The molecule has 2 amide bonds. The standard InChI is InChI=1S/C36H38F3N5O10S/c1-19(2)55(49,50)30-14-11-23(44(35(48)53-6)54-34(47)36(37,38)39)18-25(30)27-8-7-15-43(27)33(46)31(21-9-13-28(51-4)29(16-21)52-5)42-22-10-12-26-24(17-22)32(45)41-20(3)40-26/h9-14,16-19,27,31,42H,7-8,15H2,1-6H3,(H,40,41,45)/t27-,31-/m1/s1. The Bertz CT molecular complexity index is 2300. The molecule has 1 saturated heterocycles. The number of alkyl halides is 3. The summed E-state index contributed by atoms with van der Waals surface area (Å²) in [5, 5.41) is 2.43. The summed E-state index contributed by atoms with van der Waals surface area (Å²) < 4.78 is 82.6. The number of fused-ring (bicyclic) bond motifs is 1. The van der Waals surface area contributed by atoms with Crippen LogP contribution in [0.4, 0.5) is 29.3 Å². The molecule has 0 bridgehead atoms. The van der Waals surface area contributed by atoms with E-state index >= 15 is 0 Å². The molecule has 15 nitrogen and oxygen atoms in total. The molecule has 55 heavy (non-hydrogen) atoms. The van der Waals surface area contributed by atoms with Crippen LogP contribution >= 0.6 is 0 Å². The third kappa shape index (κ3) is 8.30. The number of methoxy groups -OCH3 is 3. The fourth-order valence-electron chi connectivity index (χ4n) is 6.20. The average molecular weight is 790 g/mol. The molecule has 2 atom stereocenters. The molecule has 4 aromatic rings. The molecule has 19 heteroatoms. The Morgan fingerprint density at radius 2 is 1.71 bits per heavy atom. The normalized spacial score (nSPS) is 15.1. The fourth-order valence-corrected chi connectivity index (χ4v) is 7.49. The summed E-state index contributed by atoms with van der Waals surface area (Å²) >= 11 is 0. The van der Waals surface area contributed by atoms with E-state index in [1.54, 1.807) is 37.3 Å². The lowest BCUT2D eigenvalue weighted by atomic mass is 10.0. The first-order chi connectivity index (χ1) is 25.9. The van der Waals surface area contributed by atoms with Crippen LogP contribution < -0.4 is 25.4 Å². The van der Waals surface area contributed by atoms with Crippen molar-refractivity contribution in [2.75, 3.05) is 38.3 Å². The SMILES string of the molecule is COC(=O)N(OC(=O)C(F)(F)F)c1ccc(S(=O)(=O)C(C)C)c([C@H]2CCCN2C(=O)[C@H](Nc2ccc3nc(C)[nH]c(=O)c3c2)c2ccc(OC)c(OC)c2)c1. The number of benzene rings is 3. The van der Waals surface area contributed by atoms with Crippen molar-refractivity contribution in [2.24, 2.45) is 0 Å². The molecule has 1 fully saturated rings. The third-order valence-corrected chi connectivity index (χ3v) is 11.1. The molecule has 0 saturated carbocycles. The minimum Gasteiger partial charge on any atom is -0.493 e. The van der Waals surface area contributed by atoms with Gasteiger partial charge in [0.1, 0.15) is 11.9 Å². The first-order valence-electron chi connectivity index (χ1n) is 16.8. The number of ether oxygens (including phenoxy) is 3. The highest BCUT2D eigenvalue weighted by molar-refractivity contribution is 7.92. The molecule has 2 heterocycles. The Morgan fingerprint density at radius 3 is 2.35 bits per heavy atom. The van der Waals surface area contributed by atoms with Gasteiger partial charge >= 0.3 is 18.2 Å². The number of aryl methyl sites for hydroxylation is 1. The monoisotopic (exact) mass is 789 g/mol. The number of aromatic amines is 1. The van der Waals surface area contributed by atoms with E-state index in [0.29, 0.717) is 40.5 Å². The van der Waals surface area contributed by atoms with Gasteiger partial charge in [0.2, 0.25) is 5.91 Å². The van der Waals surface area contributed by atoms with Crippen molar-refractivity contribution in [3.63, 3.8) is 0 Å². The Kier molecular flexibility index (Phi) is 11.6. The van der Waals surface area contributed by atoms with Crippen molar-refractivity contribution in [3.05, 3.63) is 81.9 Å². The van der Waals surface area contributed by atoms with Gasteiger partial charge in [0.05, 0.1) is 54.1 Å². The summed E-state index contributed by atoms with van der Waals surface area (Å²) in [7, 11) is -0.416. The minimum atomic E-state index is -5.50. The van der Waals surface area contributed by atoms with E-state index in [0.717, 1.165) is 25.3 Å². The van der Waals surface area contributed by atoms with E-state index < -0.39 is 62.6 Å². The van der Waals surface area contributed by atoms with Crippen molar-refractivity contribution in [3.8, 4) is 11.5 Å². The second-order valence-corrected chi connectivity index (χ2v) is 15.2. The number of halogens is 3. The first kappa shape index (κ1) is 40.3. The molecule has 0 radical (unpaired) electrons. The van der Waals surface area contributed by atoms with Crippen LogP contribution in [0.1, 0.15) is 55.7 Å². The lowest BCUT2D eigenvalue weighted by molar-refractivity contribution is -0.200. The van der Waals surface area contributed by atoms with Crippen LogP contribution in [0.25, 0.3) is 10.9 Å². The van der Waals surface area contributed by atoms with Gasteiger partial charge in [-0.25, -0.2) is 23.0 Å². The second-order valence-electron chi connectivity index (χ2n) is 12.7. The topological polar surface area (TPSA) is 187 Å². The van der Waals surface area contributed by atoms with E-state index in [4.69, 9.17) is 9.47 Å². The third-order valence-electron chi connectivity index (χ3n) is 8.92. The van der Waals surface area contributed by atoms with Crippen molar-refractivity contribution in [1.29, 1.82) is 0 Å². The number of anilines is 2. The molecule has 2 N–H and O–H groups in total. The predicted molar refractivity (Wildman–Crippen MR) is 192 cm³/mol. The van der Waals surface area contributed by atoms with Crippen molar-refractivity contribution in [2.45, 2.75) is 62.0 Å². The lowest BCUT2D eigenvalue weighted by Gasteiger charge is -2.32. The Morgan fingerprint density at radius 1 is 1.00 bits per heavy atom. The summed E-state index contributed by atoms with van der Waals surface area (Å²) in [6.45, 7) is 4.61. The molecular formula is C36H38F3N5O10S. The van der Waals surface area contributed by atoms with Crippen LogP contribution in [0.2, 0.25) is 0 Å². The second kappa shape index (κ2) is 15.9. The number of nitrogens with one attached hydrogen (secondary N) is 2. The highest BCUT2D eigenvalue weighted by Crippen LogP contribution is 2.41. The van der Waals surface area contributed by atoms with Crippen molar-refractivity contribution in [1.82, 2.24) is 14.9 Å². The number of nitrogens with zero attached hydrogens (tertiary/aromatic N) is 3. The lowest BCUT2D eigenvalue weighted by Crippen LogP contribution is -2.39. The summed E-state index contributed by atoms with van der Waals surface area (Å²) in [6.07, 6.45) is -6.43. The van der Waals surface area contributed by atoms with Gasteiger partial charge in [-0.3, -0.25) is 9.59 Å². The highest BCUT2D eigenvalue weighted by Gasteiger charge is 2.45. The molecule has 294 valence electrons. The number of amides is 2. The van der Waals surface area contributed by atoms with Gasteiger partial charge in [-0.15, -0.1) is 5.06 Å². The minimum absolute atomic E-state index is 0.0428. The van der Waals surface area contributed by atoms with Gasteiger partial charge in [-0.1, -0.05) is 6.07 Å². The number of rotatable bonds is 10. The highest BCUT2D eigenvalue weighted by atomic mass is 32.2. The maximum Gasteiger partial charge on any atom is 0.493 e. The molecule has 1 aliphatic heterocycles. The van der Waals surface area contributed by atoms with Crippen LogP contribution in [-0.2, 0) is 29.0 Å². The van der Waals surface area contributed by atoms with Gasteiger partial charge < -0.3 is 34.2 Å². The number of hydrogen-bond donors (Lipinski definition) is 2. The molecule has 0 aliphatic carbocycles. The van der Waals surface area contributed by atoms with Gasteiger partial charge in [0, 0.05) is 12.2 Å². The Hall–Kier alpha value is -5.85. The zero-order valence-corrected chi connectivity index (χ0v) is 31.3. The smallest absolute Gasteiger partial charge is 0.493 e. The fraction of sp³-hybridized carbons (Fsp3) is 0.361. The van der Waals surface area contributed by atoms with Gasteiger partial charge in [-0.2, -0.15) is 13.2 Å². The van der Waals surface area contributed by atoms with Gasteiger partial charge in [-0.05, 0) is 93.3 Å². The van der Waals surface area contributed by atoms with E-state index in [1.165, 1.54) is 39.0 Å². The summed E-state index contributed by atoms with van der Waals surface area (Å²) in [5.41, 5.74) is 0.253. The van der Waals surface area contributed by atoms with Crippen LogP contribution in [0.15, 0.2) is 64.3 Å². The number of carbonyl (C=O) groups is 3. The van der Waals surface area contributed by atoms with Crippen LogP contribution in [0.3, 0.4) is 0 Å². The van der Waals surface area contributed by atoms with Crippen molar-refractivity contribution >= 4 is 50.1 Å². The molecular weight excluding hydrogens is 751 g/mol. The average Bonchev–Trinajstić information content (AvgIpc) is 3.64. The van der Waals surface area contributed by atoms with E-state index in [1.807, 2.05) is 0 Å². The number of hydrogen-bond acceptors (Lipinski definition) is 12. The summed E-state index contributed by atoms with van der Waals surface area (Å²) in [6, 6.07) is 10.5. The summed E-state index contributed by atoms with van der Waals surface area (Å²) in [4.78, 5) is 64.7. The van der Waals surface area contributed by atoms with E-state index in [-0.39, 0.29) is 33.9 Å². The zero-order valence-electron chi connectivity index (χ0n) is 30.5. The molecule has 1 aliphatic rings. The maximum absolute atomic E-state index is 14.9. The van der Waals surface area contributed by atoms with Crippen LogP contribution in [-0.4, -0.2) is 80.6 Å². The van der Waals surface area contributed by atoms with Crippen molar-refractivity contribution < 1.29 is 55.0 Å². The summed E-state index contributed by atoms with van der Waals surface area (Å²) in [5.74, 6) is -2.22. The van der Waals surface area contributed by atoms with E-state index in [9.17, 15) is 40.8 Å². The Balaban J connectivity index is 1.65. The van der Waals surface area contributed by atoms with Gasteiger partial charge in [0.15, 0.2) is 21.3 Å². The number of carbonyl (C=O) groups excluding carboxylic acids is 3. The molecule has 5 rings (SSSR count). The molecule has 0 spiro atoms. The predicted octanol–water partition coefficient (Wildman–Crippen LogP) is 5.54. The van der Waals surface area contributed by atoms with Crippen LogP contribution in [0.5, 0.6) is 11.5 Å². The zero-order chi connectivity index (χ0) is 40.4. The maximum atomic E-state index is 14.9. The first-order valence-corrected chi connectivity index (χ1v) is 18.3. The Labute approximate surface area is 313 Å². The molecule has 1 aromatic heterocycles. The number of hydroxylamine groups is 1. The number of sulfone groups is 1.